The topological polar surface area (TPSA) is 51.5 Å². The molecular formula is C26H31NO3. The van der Waals surface area contributed by atoms with Crippen molar-refractivity contribution in [1.82, 2.24) is 4.57 Å². The van der Waals surface area contributed by atoms with Crippen LogP contribution in [0, 0.1) is 0 Å². The molecular weight excluding hydrogens is 374 g/mol. The van der Waals surface area contributed by atoms with E-state index in [-0.39, 0.29) is 12.1 Å². The van der Waals surface area contributed by atoms with Gasteiger partial charge in [-0.25, -0.2) is 0 Å². The van der Waals surface area contributed by atoms with E-state index in [0.717, 1.165) is 36.8 Å². The zero-order chi connectivity index (χ0) is 21.3. The molecule has 0 radical (unpaired) electrons. The Morgan fingerprint density at radius 2 is 1.67 bits per heavy atom. The van der Waals surface area contributed by atoms with Gasteiger partial charge in [-0.1, -0.05) is 75.2 Å². The minimum absolute atomic E-state index is 0.184. The van der Waals surface area contributed by atoms with Crippen LogP contribution in [-0.2, 0) is 26.0 Å². The summed E-state index contributed by atoms with van der Waals surface area (Å²) in [6.45, 7) is 4.98. The Kier molecular flexibility index (Phi) is 7.86. The van der Waals surface area contributed by atoms with Crippen LogP contribution >= 0.6 is 0 Å². The zero-order valence-corrected chi connectivity index (χ0v) is 17.9. The van der Waals surface area contributed by atoms with Crippen molar-refractivity contribution in [3.8, 4) is 5.75 Å². The molecule has 0 saturated carbocycles. The Morgan fingerprint density at radius 1 is 0.933 bits per heavy atom. The van der Waals surface area contributed by atoms with Crippen molar-refractivity contribution in [1.29, 1.82) is 0 Å². The van der Waals surface area contributed by atoms with E-state index >= 15 is 0 Å². The molecule has 0 spiro atoms. The molecule has 4 nitrogen and oxygen atoms in total. The number of benzene rings is 2. The van der Waals surface area contributed by atoms with Gasteiger partial charge in [0.1, 0.15) is 12.4 Å². The van der Waals surface area contributed by atoms with Crippen molar-refractivity contribution in [3.63, 3.8) is 0 Å². The second kappa shape index (κ2) is 10.8. The van der Waals surface area contributed by atoms with Crippen molar-refractivity contribution >= 4 is 0 Å². The van der Waals surface area contributed by atoms with Crippen LogP contribution in [-0.4, -0.2) is 9.67 Å². The van der Waals surface area contributed by atoms with Crippen molar-refractivity contribution in [3.05, 3.63) is 99.5 Å². The number of rotatable bonds is 10. The van der Waals surface area contributed by atoms with E-state index in [9.17, 15) is 9.90 Å². The predicted molar refractivity (Wildman–Crippen MR) is 121 cm³/mol. The van der Waals surface area contributed by atoms with Crippen LogP contribution in [0.2, 0.25) is 0 Å². The molecule has 158 valence electrons. The number of nitrogens with zero attached hydrogens (tertiary/aromatic N) is 1. The summed E-state index contributed by atoms with van der Waals surface area (Å²) in [6.07, 6.45) is 5.18. The SMILES string of the molecule is CCCc1ccc(C(O)Cn2ccc(OCc3ccccc3)cc2=O)cc1CCC. The summed E-state index contributed by atoms with van der Waals surface area (Å²) in [5.41, 5.74) is 4.37. The Labute approximate surface area is 178 Å². The first kappa shape index (κ1) is 21.8. The molecule has 3 aromatic rings. The van der Waals surface area contributed by atoms with Gasteiger partial charge in [0.15, 0.2) is 0 Å². The highest BCUT2D eigenvalue weighted by molar-refractivity contribution is 5.33. The van der Waals surface area contributed by atoms with Crippen LogP contribution in [0.3, 0.4) is 0 Å². The van der Waals surface area contributed by atoms with Crippen molar-refractivity contribution < 1.29 is 9.84 Å². The summed E-state index contributed by atoms with van der Waals surface area (Å²) in [5, 5.41) is 10.7. The molecule has 1 heterocycles. The maximum absolute atomic E-state index is 12.5. The third kappa shape index (κ3) is 5.83. The summed E-state index contributed by atoms with van der Waals surface area (Å²) in [6, 6.07) is 19.3. The quantitative estimate of drug-likeness (QED) is 0.513. The highest BCUT2D eigenvalue weighted by atomic mass is 16.5. The lowest BCUT2D eigenvalue weighted by atomic mass is 9.95. The molecule has 1 N–H and O–H groups in total. The molecule has 30 heavy (non-hydrogen) atoms. The highest BCUT2D eigenvalue weighted by Crippen LogP contribution is 2.22. The fourth-order valence-electron chi connectivity index (χ4n) is 3.63. The molecule has 1 aromatic heterocycles. The summed E-state index contributed by atoms with van der Waals surface area (Å²) in [4.78, 5) is 12.5. The fourth-order valence-corrected chi connectivity index (χ4v) is 3.63. The van der Waals surface area contributed by atoms with Gasteiger partial charge in [0.05, 0.1) is 12.6 Å². The lowest BCUT2D eigenvalue weighted by molar-refractivity contribution is 0.155. The van der Waals surface area contributed by atoms with Gasteiger partial charge in [0, 0.05) is 12.3 Å². The largest absolute Gasteiger partial charge is 0.489 e. The number of aliphatic hydroxyl groups excluding tert-OH is 1. The van der Waals surface area contributed by atoms with Gasteiger partial charge < -0.3 is 14.4 Å². The first-order valence-corrected chi connectivity index (χ1v) is 10.8. The number of aromatic nitrogens is 1. The number of aryl methyl sites for hydroxylation is 2. The monoisotopic (exact) mass is 405 g/mol. The second-order valence-corrected chi connectivity index (χ2v) is 7.67. The molecule has 2 aromatic carbocycles. The molecule has 0 saturated heterocycles. The predicted octanol–water partition coefficient (Wildman–Crippen LogP) is 5.07. The lowest BCUT2D eigenvalue weighted by Gasteiger charge is -2.17. The van der Waals surface area contributed by atoms with Crippen molar-refractivity contribution in [2.75, 3.05) is 0 Å². The standard InChI is InChI=1S/C26H31NO3/c1-3-8-21-12-13-23(16-22(21)9-4-2)25(28)18-27-15-14-24(17-26(27)29)30-19-20-10-6-5-7-11-20/h5-7,10-17,25,28H,3-4,8-9,18-19H2,1-2H3. The number of ether oxygens (including phenoxy) is 1. The summed E-state index contributed by atoms with van der Waals surface area (Å²) in [7, 11) is 0. The van der Waals surface area contributed by atoms with Gasteiger partial charge in [0.25, 0.3) is 5.56 Å². The third-order valence-corrected chi connectivity index (χ3v) is 5.24. The minimum Gasteiger partial charge on any atom is -0.489 e. The van der Waals surface area contributed by atoms with Crippen LogP contribution in [0.5, 0.6) is 5.75 Å². The Hall–Kier alpha value is -2.85. The molecule has 1 atom stereocenters. The van der Waals surface area contributed by atoms with E-state index in [2.05, 4.69) is 26.0 Å². The van der Waals surface area contributed by atoms with Crippen LogP contribution in [0.25, 0.3) is 0 Å². The van der Waals surface area contributed by atoms with Gasteiger partial charge in [-0.2, -0.15) is 0 Å². The van der Waals surface area contributed by atoms with Crippen LogP contribution in [0.4, 0.5) is 0 Å². The van der Waals surface area contributed by atoms with Gasteiger partial charge in [-0.05, 0) is 41.2 Å². The maximum Gasteiger partial charge on any atom is 0.254 e. The normalized spacial score (nSPS) is 12.0. The molecule has 0 bridgehead atoms. The van der Waals surface area contributed by atoms with Gasteiger partial charge in [-0.15, -0.1) is 0 Å². The average molecular weight is 406 g/mol. The molecule has 0 aliphatic rings. The minimum atomic E-state index is -0.731. The third-order valence-electron chi connectivity index (χ3n) is 5.24. The molecule has 0 fully saturated rings. The van der Waals surface area contributed by atoms with Crippen LogP contribution in [0.15, 0.2) is 71.7 Å². The number of hydrogen-bond acceptors (Lipinski definition) is 3. The van der Waals surface area contributed by atoms with Crippen LogP contribution < -0.4 is 10.3 Å². The fraction of sp³-hybridized carbons (Fsp3) is 0.346. The second-order valence-electron chi connectivity index (χ2n) is 7.67. The maximum atomic E-state index is 12.5. The number of pyridine rings is 1. The van der Waals surface area contributed by atoms with E-state index in [1.165, 1.54) is 21.8 Å². The van der Waals surface area contributed by atoms with E-state index in [0.29, 0.717) is 12.4 Å². The lowest BCUT2D eigenvalue weighted by Crippen LogP contribution is -2.22. The Balaban J connectivity index is 1.68. The van der Waals surface area contributed by atoms with Crippen molar-refractivity contribution in [2.45, 2.75) is 58.8 Å². The van der Waals surface area contributed by atoms with E-state index < -0.39 is 6.10 Å². The highest BCUT2D eigenvalue weighted by Gasteiger charge is 2.12. The summed E-state index contributed by atoms with van der Waals surface area (Å²) in [5.74, 6) is 0.531. The molecule has 1 unspecified atom stereocenters. The first-order valence-electron chi connectivity index (χ1n) is 10.8. The first-order chi connectivity index (χ1) is 14.6. The van der Waals surface area contributed by atoms with Crippen LogP contribution in [0.1, 0.15) is 55.0 Å². The van der Waals surface area contributed by atoms with Crippen molar-refractivity contribution in [2.24, 2.45) is 0 Å². The Bertz CT molecular complexity index is 995. The summed E-state index contributed by atoms with van der Waals surface area (Å²) < 4.78 is 7.25. The smallest absolute Gasteiger partial charge is 0.254 e. The molecule has 0 aliphatic carbocycles. The van der Waals surface area contributed by atoms with E-state index in [1.807, 2.05) is 36.4 Å². The van der Waals surface area contributed by atoms with E-state index in [1.54, 1.807) is 12.3 Å². The van der Waals surface area contributed by atoms with Gasteiger partial charge >= 0.3 is 0 Å². The van der Waals surface area contributed by atoms with E-state index in [4.69, 9.17) is 4.74 Å². The molecule has 0 aliphatic heterocycles. The van der Waals surface area contributed by atoms with Gasteiger partial charge in [-0.3, -0.25) is 4.79 Å². The number of hydrogen-bond donors (Lipinski definition) is 1. The molecule has 4 heteroatoms. The summed E-state index contributed by atoms with van der Waals surface area (Å²) >= 11 is 0. The molecule has 0 amide bonds. The number of aliphatic hydroxyl groups is 1. The average Bonchev–Trinajstić information content (AvgIpc) is 2.76. The molecule has 3 rings (SSSR count). The zero-order valence-electron chi connectivity index (χ0n) is 17.9. The Morgan fingerprint density at radius 3 is 2.37 bits per heavy atom. The van der Waals surface area contributed by atoms with Gasteiger partial charge in [0.2, 0.25) is 0 Å².